The molecule has 1 aromatic rings. The largest absolute Gasteiger partial charge is 0.378 e. The first-order valence-electron chi connectivity index (χ1n) is 6.12. The van der Waals surface area contributed by atoms with Crippen molar-refractivity contribution < 1.29 is 13.9 Å². The molecule has 1 aliphatic heterocycles. The summed E-state index contributed by atoms with van der Waals surface area (Å²) in [4.78, 5) is 11.8. The second-order valence-electron chi connectivity index (χ2n) is 4.47. The first-order valence-corrected chi connectivity index (χ1v) is 7.29. The smallest absolute Gasteiger partial charge is 0.224 e. The van der Waals surface area contributed by atoms with E-state index in [1.165, 1.54) is 12.1 Å². The zero-order valence-electron chi connectivity index (χ0n) is 10.2. The first-order chi connectivity index (χ1) is 9.06. The van der Waals surface area contributed by atoms with Crippen LogP contribution in [0, 0.1) is 5.82 Å². The van der Waals surface area contributed by atoms with Gasteiger partial charge >= 0.3 is 0 Å². The van der Waals surface area contributed by atoms with E-state index in [1.54, 1.807) is 0 Å². The molecule has 1 N–H and O–H groups in total. The van der Waals surface area contributed by atoms with Crippen LogP contribution in [0.1, 0.15) is 25.7 Å². The number of hydrogen-bond donors (Lipinski definition) is 1. The van der Waals surface area contributed by atoms with Crippen molar-refractivity contribution in [2.45, 2.75) is 31.8 Å². The van der Waals surface area contributed by atoms with Gasteiger partial charge in [0, 0.05) is 17.5 Å². The summed E-state index contributed by atoms with van der Waals surface area (Å²) >= 11 is 9.08. The Hall–Kier alpha value is -0.650. The standard InChI is InChI=1S/C13H14BrClFNO2/c14-10-6-8(16)7-11(15)13(10)17-12(18)4-3-9-2-1-5-19-9/h6-7,9H,1-5H2,(H,17,18). The molecule has 1 aliphatic rings. The number of anilines is 1. The van der Waals surface area contributed by atoms with Crippen LogP contribution in [0.2, 0.25) is 5.02 Å². The van der Waals surface area contributed by atoms with E-state index in [9.17, 15) is 9.18 Å². The van der Waals surface area contributed by atoms with Gasteiger partial charge in [0.25, 0.3) is 0 Å². The van der Waals surface area contributed by atoms with Crippen LogP contribution in [0.4, 0.5) is 10.1 Å². The van der Waals surface area contributed by atoms with E-state index < -0.39 is 5.82 Å². The van der Waals surface area contributed by atoms with Gasteiger partial charge in [-0.3, -0.25) is 4.79 Å². The predicted molar refractivity (Wildman–Crippen MR) is 75.9 cm³/mol. The molecule has 0 radical (unpaired) electrons. The second kappa shape index (κ2) is 6.68. The van der Waals surface area contributed by atoms with E-state index in [-0.39, 0.29) is 17.0 Å². The summed E-state index contributed by atoms with van der Waals surface area (Å²) in [5, 5.41) is 2.87. The summed E-state index contributed by atoms with van der Waals surface area (Å²) in [6, 6.07) is 2.43. The number of amides is 1. The Labute approximate surface area is 124 Å². The molecule has 19 heavy (non-hydrogen) atoms. The van der Waals surface area contributed by atoms with Crippen molar-refractivity contribution in [3.05, 3.63) is 27.4 Å². The molecule has 0 spiro atoms. The van der Waals surface area contributed by atoms with Gasteiger partial charge in [0.2, 0.25) is 5.91 Å². The molecular weight excluding hydrogens is 337 g/mol. The number of carbonyl (C=O) groups is 1. The Morgan fingerprint density at radius 2 is 2.37 bits per heavy atom. The van der Waals surface area contributed by atoms with E-state index in [0.717, 1.165) is 19.4 Å². The third-order valence-electron chi connectivity index (χ3n) is 2.99. The number of ether oxygens (including phenoxy) is 1. The molecule has 104 valence electrons. The number of rotatable bonds is 4. The van der Waals surface area contributed by atoms with Crippen molar-refractivity contribution in [2.75, 3.05) is 11.9 Å². The van der Waals surface area contributed by atoms with Crippen molar-refractivity contribution in [1.82, 2.24) is 0 Å². The lowest BCUT2D eigenvalue weighted by Gasteiger charge is -2.11. The summed E-state index contributed by atoms with van der Waals surface area (Å²) in [6.45, 7) is 0.779. The van der Waals surface area contributed by atoms with Crippen LogP contribution >= 0.6 is 27.5 Å². The number of benzene rings is 1. The van der Waals surface area contributed by atoms with Crippen molar-refractivity contribution in [1.29, 1.82) is 0 Å². The first kappa shape index (κ1) is 14.8. The molecule has 1 fully saturated rings. The van der Waals surface area contributed by atoms with Gasteiger partial charge in [-0.15, -0.1) is 0 Å². The van der Waals surface area contributed by atoms with E-state index >= 15 is 0 Å². The number of hydrogen-bond acceptors (Lipinski definition) is 2. The highest BCUT2D eigenvalue weighted by molar-refractivity contribution is 9.10. The van der Waals surface area contributed by atoms with Crippen molar-refractivity contribution in [3.63, 3.8) is 0 Å². The average Bonchev–Trinajstić information content (AvgIpc) is 2.84. The van der Waals surface area contributed by atoms with Crippen molar-refractivity contribution in [2.24, 2.45) is 0 Å². The Morgan fingerprint density at radius 1 is 1.58 bits per heavy atom. The highest BCUT2D eigenvalue weighted by Gasteiger charge is 2.17. The Balaban J connectivity index is 1.91. The summed E-state index contributed by atoms with van der Waals surface area (Å²) in [7, 11) is 0. The van der Waals surface area contributed by atoms with E-state index in [2.05, 4.69) is 21.2 Å². The Morgan fingerprint density at radius 3 is 3.00 bits per heavy atom. The molecule has 1 atom stereocenters. The normalized spacial score (nSPS) is 18.6. The van der Waals surface area contributed by atoms with Gasteiger partial charge < -0.3 is 10.1 Å². The third-order valence-corrected chi connectivity index (χ3v) is 3.91. The Bertz CT molecular complexity index is 455. The zero-order valence-corrected chi connectivity index (χ0v) is 12.6. The molecule has 1 amide bonds. The van der Waals surface area contributed by atoms with E-state index in [0.29, 0.717) is 23.0 Å². The molecule has 1 aromatic carbocycles. The maximum atomic E-state index is 13.1. The zero-order chi connectivity index (χ0) is 13.8. The molecule has 1 heterocycles. The quantitative estimate of drug-likeness (QED) is 0.886. The summed E-state index contributed by atoms with van der Waals surface area (Å²) in [5.74, 6) is -0.598. The van der Waals surface area contributed by atoms with Crippen LogP contribution in [0.25, 0.3) is 0 Å². The molecule has 0 aromatic heterocycles. The van der Waals surface area contributed by atoms with Gasteiger partial charge in [-0.05, 0) is 47.3 Å². The summed E-state index contributed by atoms with van der Waals surface area (Å²) in [5.41, 5.74) is 0.403. The fraction of sp³-hybridized carbons (Fsp3) is 0.462. The average molecular weight is 351 g/mol. The topological polar surface area (TPSA) is 38.3 Å². The van der Waals surface area contributed by atoms with Gasteiger partial charge in [-0.25, -0.2) is 4.39 Å². The van der Waals surface area contributed by atoms with Gasteiger partial charge in [-0.1, -0.05) is 11.6 Å². The molecule has 0 aliphatic carbocycles. The lowest BCUT2D eigenvalue weighted by Crippen LogP contribution is -2.15. The lowest BCUT2D eigenvalue weighted by atomic mass is 10.1. The van der Waals surface area contributed by atoms with Gasteiger partial charge in [-0.2, -0.15) is 0 Å². The van der Waals surface area contributed by atoms with Crippen LogP contribution in [-0.2, 0) is 9.53 Å². The van der Waals surface area contributed by atoms with Crippen LogP contribution in [0.5, 0.6) is 0 Å². The van der Waals surface area contributed by atoms with Crippen LogP contribution in [-0.4, -0.2) is 18.6 Å². The number of carbonyl (C=O) groups excluding carboxylic acids is 1. The minimum Gasteiger partial charge on any atom is -0.378 e. The van der Waals surface area contributed by atoms with Gasteiger partial charge in [0.15, 0.2) is 0 Å². The molecule has 1 unspecified atom stereocenters. The molecule has 6 heteroatoms. The van der Waals surface area contributed by atoms with Crippen LogP contribution in [0.3, 0.4) is 0 Å². The minimum absolute atomic E-state index is 0.148. The molecule has 1 saturated heterocycles. The minimum atomic E-state index is -0.450. The summed E-state index contributed by atoms with van der Waals surface area (Å²) < 4.78 is 18.9. The maximum absolute atomic E-state index is 13.1. The fourth-order valence-electron chi connectivity index (χ4n) is 2.03. The predicted octanol–water partition coefficient (Wildman–Crippen LogP) is 4.14. The molecule has 0 bridgehead atoms. The monoisotopic (exact) mass is 349 g/mol. The summed E-state index contributed by atoms with van der Waals surface area (Å²) in [6.07, 6.45) is 3.31. The van der Waals surface area contributed by atoms with Crippen molar-refractivity contribution >= 4 is 39.1 Å². The number of halogens is 3. The van der Waals surface area contributed by atoms with Crippen LogP contribution < -0.4 is 5.32 Å². The third kappa shape index (κ3) is 4.16. The fourth-order valence-corrected chi connectivity index (χ4v) is 2.93. The maximum Gasteiger partial charge on any atom is 0.224 e. The van der Waals surface area contributed by atoms with Gasteiger partial charge in [0.05, 0.1) is 16.8 Å². The van der Waals surface area contributed by atoms with Crippen molar-refractivity contribution in [3.8, 4) is 0 Å². The second-order valence-corrected chi connectivity index (χ2v) is 5.73. The van der Waals surface area contributed by atoms with E-state index in [1.807, 2.05) is 0 Å². The highest BCUT2D eigenvalue weighted by atomic mass is 79.9. The Kier molecular flexibility index (Phi) is 5.19. The molecular formula is C13H14BrClFNO2. The molecule has 3 nitrogen and oxygen atoms in total. The number of nitrogens with one attached hydrogen (secondary N) is 1. The SMILES string of the molecule is O=C(CCC1CCCO1)Nc1c(Cl)cc(F)cc1Br. The van der Waals surface area contributed by atoms with E-state index in [4.69, 9.17) is 16.3 Å². The highest BCUT2D eigenvalue weighted by Crippen LogP contribution is 2.32. The lowest BCUT2D eigenvalue weighted by molar-refractivity contribution is -0.116. The molecule has 0 saturated carbocycles. The molecule has 2 rings (SSSR count). The van der Waals surface area contributed by atoms with Crippen LogP contribution in [0.15, 0.2) is 16.6 Å². The van der Waals surface area contributed by atoms with Gasteiger partial charge in [0.1, 0.15) is 5.82 Å².